The van der Waals surface area contributed by atoms with E-state index >= 15 is 0 Å². The molecule has 5 atom stereocenters. The van der Waals surface area contributed by atoms with Crippen molar-refractivity contribution in [1.82, 2.24) is 0 Å². The van der Waals surface area contributed by atoms with E-state index < -0.39 is 11.5 Å². The van der Waals surface area contributed by atoms with Crippen molar-refractivity contribution in [3.05, 3.63) is 23.8 Å². The minimum absolute atomic E-state index is 0.00557. The standard InChI is InChI=1S/C20H30O4/c1-13-4-7-16-19(2,10-8-17(22)20(16,3)12-21)15(13)6-5-14-9-11-24-18(14)23/h5,15-17,21-22H,1,4,6-12H2,2-3H3/t15-,16+,17-,19+,20-/m0/s1. The Bertz CT molecular complexity index is 566. The summed E-state index contributed by atoms with van der Waals surface area (Å²) in [5.41, 5.74) is 1.58. The van der Waals surface area contributed by atoms with Crippen LogP contribution in [0.2, 0.25) is 0 Å². The summed E-state index contributed by atoms with van der Waals surface area (Å²) in [6, 6.07) is 0. The quantitative estimate of drug-likeness (QED) is 0.473. The third-order valence-electron chi connectivity index (χ3n) is 7.16. The summed E-state index contributed by atoms with van der Waals surface area (Å²) in [6.07, 6.45) is 6.65. The molecule has 0 radical (unpaired) electrons. The molecule has 1 aliphatic heterocycles. The maximum atomic E-state index is 11.7. The van der Waals surface area contributed by atoms with E-state index in [4.69, 9.17) is 4.74 Å². The molecule has 134 valence electrons. The lowest BCUT2D eigenvalue weighted by Gasteiger charge is -2.59. The molecule has 0 unspecified atom stereocenters. The average molecular weight is 334 g/mol. The van der Waals surface area contributed by atoms with Gasteiger partial charge in [-0.05, 0) is 49.4 Å². The number of aliphatic hydroxyl groups is 2. The van der Waals surface area contributed by atoms with Gasteiger partial charge in [0, 0.05) is 17.4 Å². The number of hydrogen-bond donors (Lipinski definition) is 2. The van der Waals surface area contributed by atoms with Crippen LogP contribution in [0.15, 0.2) is 23.8 Å². The molecule has 0 aromatic carbocycles. The van der Waals surface area contributed by atoms with E-state index in [1.54, 1.807) is 0 Å². The molecule has 24 heavy (non-hydrogen) atoms. The van der Waals surface area contributed by atoms with Gasteiger partial charge in [-0.25, -0.2) is 4.79 Å². The maximum Gasteiger partial charge on any atom is 0.333 e. The molecule has 4 nitrogen and oxygen atoms in total. The number of fused-ring (bicyclic) bond motifs is 1. The number of ether oxygens (including phenoxy) is 1. The first-order valence-corrected chi connectivity index (χ1v) is 9.15. The van der Waals surface area contributed by atoms with Crippen molar-refractivity contribution in [2.24, 2.45) is 22.7 Å². The largest absolute Gasteiger partial charge is 0.462 e. The first kappa shape index (κ1) is 17.7. The highest BCUT2D eigenvalue weighted by molar-refractivity contribution is 5.90. The molecule has 2 saturated carbocycles. The number of aliphatic hydroxyl groups excluding tert-OH is 2. The monoisotopic (exact) mass is 334 g/mol. The molecule has 0 spiro atoms. The van der Waals surface area contributed by atoms with Gasteiger partial charge < -0.3 is 14.9 Å². The lowest BCUT2D eigenvalue weighted by Crippen LogP contribution is -2.57. The molecule has 0 bridgehead atoms. The number of hydrogen-bond acceptors (Lipinski definition) is 4. The molecule has 3 fully saturated rings. The summed E-state index contributed by atoms with van der Waals surface area (Å²) in [4.78, 5) is 11.7. The molecule has 3 rings (SSSR count). The van der Waals surface area contributed by atoms with Crippen LogP contribution in [0, 0.1) is 22.7 Å². The van der Waals surface area contributed by atoms with Crippen molar-refractivity contribution in [3.8, 4) is 0 Å². The van der Waals surface area contributed by atoms with Crippen molar-refractivity contribution in [3.63, 3.8) is 0 Å². The molecular formula is C20H30O4. The Morgan fingerprint density at radius 2 is 2.08 bits per heavy atom. The van der Waals surface area contributed by atoms with Gasteiger partial charge >= 0.3 is 5.97 Å². The van der Waals surface area contributed by atoms with Crippen LogP contribution in [0.3, 0.4) is 0 Å². The number of rotatable bonds is 3. The Balaban J connectivity index is 1.88. The highest BCUT2D eigenvalue weighted by atomic mass is 16.5. The molecule has 3 aliphatic rings. The smallest absolute Gasteiger partial charge is 0.333 e. The molecule has 0 aromatic heterocycles. The van der Waals surface area contributed by atoms with Gasteiger partial charge in [0.25, 0.3) is 0 Å². The Morgan fingerprint density at radius 1 is 1.33 bits per heavy atom. The minimum Gasteiger partial charge on any atom is -0.462 e. The fourth-order valence-corrected chi connectivity index (χ4v) is 5.53. The third kappa shape index (κ3) is 2.64. The number of cyclic esters (lactones) is 1. The van der Waals surface area contributed by atoms with E-state index in [1.165, 1.54) is 5.57 Å². The van der Waals surface area contributed by atoms with Crippen molar-refractivity contribution in [2.75, 3.05) is 13.2 Å². The Morgan fingerprint density at radius 3 is 2.71 bits per heavy atom. The predicted molar refractivity (Wildman–Crippen MR) is 92.2 cm³/mol. The molecule has 4 heteroatoms. The predicted octanol–water partition coefficient (Wildman–Crippen LogP) is 2.99. The lowest BCUT2D eigenvalue weighted by atomic mass is 9.46. The normalized spacial score (nSPS) is 44.5. The number of allylic oxidation sites excluding steroid dienone is 2. The highest BCUT2D eigenvalue weighted by Gasteiger charge is 2.57. The zero-order valence-electron chi connectivity index (χ0n) is 14.9. The molecule has 1 saturated heterocycles. The number of carbonyl (C=O) groups is 1. The number of carbonyl (C=O) groups excluding carboxylic acids is 1. The van der Waals surface area contributed by atoms with Gasteiger partial charge in [0.2, 0.25) is 0 Å². The second-order valence-electron chi connectivity index (χ2n) is 8.38. The second kappa shape index (κ2) is 6.30. The maximum absolute atomic E-state index is 11.7. The van der Waals surface area contributed by atoms with Gasteiger partial charge in [-0.15, -0.1) is 0 Å². The first-order chi connectivity index (χ1) is 11.3. The van der Waals surface area contributed by atoms with E-state index in [9.17, 15) is 15.0 Å². The van der Waals surface area contributed by atoms with E-state index in [0.29, 0.717) is 19.4 Å². The summed E-state index contributed by atoms with van der Waals surface area (Å²) in [5, 5.41) is 20.5. The van der Waals surface area contributed by atoms with Crippen molar-refractivity contribution >= 4 is 5.97 Å². The SMILES string of the molecule is C=C1CC[C@H]2[C@](C)(CO)[C@@H](O)CC[C@]2(C)[C@H]1CC=C1CCOC1=O. The van der Waals surface area contributed by atoms with Crippen LogP contribution in [0.5, 0.6) is 0 Å². The molecule has 2 N–H and O–H groups in total. The van der Waals surface area contributed by atoms with Gasteiger partial charge in [-0.2, -0.15) is 0 Å². The van der Waals surface area contributed by atoms with Crippen LogP contribution in [0.25, 0.3) is 0 Å². The molecule has 0 amide bonds. The fraction of sp³-hybridized carbons (Fsp3) is 0.750. The highest BCUT2D eigenvalue weighted by Crippen LogP contribution is 2.61. The summed E-state index contributed by atoms with van der Waals surface area (Å²) >= 11 is 0. The summed E-state index contributed by atoms with van der Waals surface area (Å²) < 4.78 is 5.03. The van der Waals surface area contributed by atoms with E-state index in [-0.39, 0.29) is 29.8 Å². The van der Waals surface area contributed by atoms with Crippen molar-refractivity contribution < 1.29 is 19.7 Å². The van der Waals surface area contributed by atoms with Crippen LogP contribution in [0.1, 0.15) is 52.4 Å². The van der Waals surface area contributed by atoms with E-state index in [2.05, 4.69) is 13.5 Å². The first-order valence-electron chi connectivity index (χ1n) is 9.15. The van der Waals surface area contributed by atoms with Crippen molar-refractivity contribution in [1.29, 1.82) is 0 Å². The topological polar surface area (TPSA) is 66.8 Å². The third-order valence-corrected chi connectivity index (χ3v) is 7.16. The van der Waals surface area contributed by atoms with E-state index in [1.807, 2.05) is 13.0 Å². The zero-order chi connectivity index (χ0) is 17.5. The van der Waals surface area contributed by atoms with Gasteiger partial charge in [-0.1, -0.05) is 32.1 Å². The zero-order valence-corrected chi connectivity index (χ0v) is 14.9. The van der Waals surface area contributed by atoms with Gasteiger partial charge in [0.15, 0.2) is 0 Å². The number of esters is 1. The average Bonchev–Trinajstić information content (AvgIpc) is 2.96. The lowest BCUT2D eigenvalue weighted by molar-refractivity contribution is -0.151. The van der Waals surface area contributed by atoms with Gasteiger partial charge in [0.1, 0.15) is 0 Å². The van der Waals surface area contributed by atoms with Gasteiger partial charge in [0.05, 0.1) is 19.3 Å². The Labute approximate surface area is 144 Å². The van der Waals surface area contributed by atoms with Crippen molar-refractivity contribution in [2.45, 2.75) is 58.5 Å². The Kier molecular flexibility index (Phi) is 4.65. The van der Waals surface area contributed by atoms with Crippen LogP contribution in [0.4, 0.5) is 0 Å². The van der Waals surface area contributed by atoms with Crippen LogP contribution < -0.4 is 0 Å². The molecule has 2 aliphatic carbocycles. The molecule has 1 heterocycles. The molecular weight excluding hydrogens is 304 g/mol. The van der Waals surface area contributed by atoms with Gasteiger partial charge in [-0.3, -0.25) is 0 Å². The Hall–Kier alpha value is -1.13. The van der Waals surface area contributed by atoms with Crippen LogP contribution >= 0.6 is 0 Å². The fourth-order valence-electron chi connectivity index (χ4n) is 5.53. The summed E-state index contributed by atoms with van der Waals surface area (Å²) in [7, 11) is 0. The summed E-state index contributed by atoms with van der Waals surface area (Å²) in [5.74, 6) is 0.371. The minimum atomic E-state index is -0.453. The van der Waals surface area contributed by atoms with E-state index in [0.717, 1.165) is 31.3 Å². The summed E-state index contributed by atoms with van der Waals surface area (Å²) in [6.45, 7) is 9.14. The van der Waals surface area contributed by atoms with Crippen LogP contribution in [-0.4, -0.2) is 35.5 Å². The molecule has 0 aromatic rings. The van der Waals surface area contributed by atoms with Crippen LogP contribution in [-0.2, 0) is 9.53 Å². The second-order valence-corrected chi connectivity index (χ2v) is 8.38.